The summed E-state index contributed by atoms with van der Waals surface area (Å²) in [5.41, 5.74) is 3.95. The summed E-state index contributed by atoms with van der Waals surface area (Å²) in [6.45, 7) is 11.3. The fourth-order valence-corrected chi connectivity index (χ4v) is 3.73. The van der Waals surface area contributed by atoms with Gasteiger partial charge in [0.25, 0.3) is 0 Å². The minimum atomic E-state index is 0.502. The third-order valence-corrected chi connectivity index (χ3v) is 5.29. The zero-order valence-corrected chi connectivity index (χ0v) is 17.1. The average molecular weight is 374 g/mol. The largest absolute Gasteiger partial charge is 0.326 e. The van der Waals surface area contributed by atoms with Gasteiger partial charge in [-0.05, 0) is 32.4 Å². The third kappa shape index (κ3) is 3.26. The fourth-order valence-electron chi connectivity index (χ4n) is 3.45. The second-order valence-corrected chi connectivity index (χ2v) is 7.11. The number of nitrogens with zero attached hydrogens (tertiary/aromatic N) is 5. The summed E-state index contributed by atoms with van der Waals surface area (Å²) in [5, 5.41) is 5.54. The number of aromatic nitrogens is 4. The highest BCUT2D eigenvalue weighted by molar-refractivity contribution is 6.33. The summed E-state index contributed by atoms with van der Waals surface area (Å²) in [6, 6.07) is 8.62. The molecule has 0 saturated heterocycles. The molecule has 0 atom stereocenters. The molecule has 1 aliphatic heterocycles. The van der Waals surface area contributed by atoms with Crippen LogP contribution in [0.3, 0.4) is 0 Å². The lowest BCUT2D eigenvalue weighted by Gasteiger charge is -2.23. The standard InChI is InChI=1S/C18H22ClN5.C2H6/c1-12(2)23-9-6-10-24-15(11-23)16(19)17(21-24)18-20-13-7-4-5-8-14(13)22(18)3;1-2/h4-5,7-8,12H,6,9-11H2,1-3H3;1-2H3. The maximum atomic E-state index is 6.76. The van der Waals surface area contributed by atoms with E-state index in [1.807, 2.05) is 39.1 Å². The van der Waals surface area contributed by atoms with E-state index in [2.05, 4.69) is 34.1 Å². The molecule has 0 unspecified atom stereocenters. The van der Waals surface area contributed by atoms with Crippen LogP contribution >= 0.6 is 11.6 Å². The number of para-hydroxylation sites is 2. The van der Waals surface area contributed by atoms with Gasteiger partial charge in [0.2, 0.25) is 0 Å². The molecule has 3 heterocycles. The molecule has 4 rings (SSSR count). The van der Waals surface area contributed by atoms with Gasteiger partial charge in [-0.2, -0.15) is 5.10 Å². The van der Waals surface area contributed by atoms with Crippen molar-refractivity contribution >= 4 is 22.6 Å². The molecule has 0 aliphatic carbocycles. The topological polar surface area (TPSA) is 38.9 Å². The molecule has 0 radical (unpaired) electrons. The first-order chi connectivity index (χ1) is 12.6. The Labute approximate surface area is 160 Å². The van der Waals surface area contributed by atoms with Crippen LogP contribution in [-0.2, 0) is 20.1 Å². The fraction of sp³-hybridized carbons (Fsp3) is 0.500. The molecule has 0 N–H and O–H groups in total. The number of imidazole rings is 1. The molecular formula is C20H28ClN5. The van der Waals surface area contributed by atoms with Gasteiger partial charge in [0.05, 0.1) is 21.7 Å². The number of fused-ring (bicyclic) bond motifs is 2. The van der Waals surface area contributed by atoms with Gasteiger partial charge in [-0.1, -0.05) is 37.6 Å². The van der Waals surface area contributed by atoms with Crippen molar-refractivity contribution in [3.05, 3.63) is 35.0 Å². The molecule has 1 aliphatic rings. The van der Waals surface area contributed by atoms with Crippen molar-refractivity contribution in [1.29, 1.82) is 0 Å². The zero-order valence-electron chi connectivity index (χ0n) is 16.3. The summed E-state index contributed by atoms with van der Waals surface area (Å²) >= 11 is 6.76. The van der Waals surface area contributed by atoms with Crippen LogP contribution in [0.4, 0.5) is 0 Å². The molecule has 2 aromatic heterocycles. The second kappa shape index (κ2) is 7.80. The Hall–Kier alpha value is -1.85. The molecule has 3 aromatic rings. The summed E-state index contributed by atoms with van der Waals surface area (Å²) in [4.78, 5) is 7.20. The molecular weight excluding hydrogens is 346 g/mol. The van der Waals surface area contributed by atoms with Crippen LogP contribution in [0.1, 0.15) is 39.8 Å². The van der Waals surface area contributed by atoms with Crippen molar-refractivity contribution in [3.8, 4) is 11.5 Å². The van der Waals surface area contributed by atoms with Gasteiger partial charge in [-0.25, -0.2) is 4.98 Å². The van der Waals surface area contributed by atoms with E-state index in [1.165, 1.54) is 0 Å². The van der Waals surface area contributed by atoms with Crippen LogP contribution in [0, 0.1) is 0 Å². The summed E-state index contributed by atoms with van der Waals surface area (Å²) in [7, 11) is 2.02. The first-order valence-corrected chi connectivity index (χ1v) is 9.85. The van der Waals surface area contributed by atoms with E-state index in [0.29, 0.717) is 6.04 Å². The number of hydrogen-bond acceptors (Lipinski definition) is 3. The van der Waals surface area contributed by atoms with Crippen LogP contribution in [0.25, 0.3) is 22.6 Å². The lowest BCUT2D eigenvalue weighted by atomic mass is 10.2. The van der Waals surface area contributed by atoms with Crippen molar-refractivity contribution in [2.75, 3.05) is 6.54 Å². The molecule has 5 nitrogen and oxygen atoms in total. The SMILES string of the molecule is CC.CC(C)N1CCCn2nc(-c3nc4ccccc4n3C)c(Cl)c2C1. The zero-order chi connectivity index (χ0) is 18.8. The maximum Gasteiger partial charge on any atom is 0.163 e. The Morgan fingerprint density at radius 1 is 1.12 bits per heavy atom. The van der Waals surface area contributed by atoms with Crippen molar-refractivity contribution in [1.82, 2.24) is 24.2 Å². The predicted molar refractivity (Wildman–Crippen MR) is 108 cm³/mol. The van der Waals surface area contributed by atoms with Crippen LogP contribution in [0.15, 0.2) is 24.3 Å². The molecule has 1 aromatic carbocycles. The Morgan fingerprint density at radius 3 is 2.54 bits per heavy atom. The molecule has 0 amide bonds. The van der Waals surface area contributed by atoms with Gasteiger partial charge in [0.1, 0.15) is 5.69 Å². The lowest BCUT2D eigenvalue weighted by Crippen LogP contribution is -2.30. The van der Waals surface area contributed by atoms with Gasteiger partial charge in [-0.3, -0.25) is 9.58 Å². The highest BCUT2D eigenvalue weighted by atomic mass is 35.5. The normalized spacial score (nSPS) is 14.9. The predicted octanol–water partition coefficient (Wildman–Crippen LogP) is 4.73. The number of rotatable bonds is 2. The Kier molecular flexibility index (Phi) is 5.68. The highest BCUT2D eigenvalue weighted by Gasteiger charge is 2.25. The van der Waals surface area contributed by atoms with Crippen LogP contribution in [0.5, 0.6) is 0 Å². The van der Waals surface area contributed by atoms with E-state index in [4.69, 9.17) is 21.7 Å². The van der Waals surface area contributed by atoms with E-state index in [9.17, 15) is 0 Å². The summed E-state index contributed by atoms with van der Waals surface area (Å²) in [5.74, 6) is 0.831. The quantitative estimate of drug-likeness (QED) is 0.651. The molecule has 26 heavy (non-hydrogen) atoms. The molecule has 0 bridgehead atoms. The van der Waals surface area contributed by atoms with Crippen LogP contribution < -0.4 is 0 Å². The highest BCUT2D eigenvalue weighted by Crippen LogP contribution is 2.33. The van der Waals surface area contributed by atoms with Crippen molar-refractivity contribution in [2.45, 2.75) is 53.2 Å². The second-order valence-electron chi connectivity index (χ2n) is 6.73. The van der Waals surface area contributed by atoms with Crippen LogP contribution in [-0.4, -0.2) is 36.8 Å². The maximum absolute atomic E-state index is 6.76. The van der Waals surface area contributed by atoms with Gasteiger partial charge in [-0.15, -0.1) is 0 Å². The van der Waals surface area contributed by atoms with Gasteiger partial charge >= 0.3 is 0 Å². The van der Waals surface area contributed by atoms with Crippen molar-refractivity contribution in [3.63, 3.8) is 0 Å². The van der Waals surface area contributed by atoms with Gasteiger partial charge in [0.15, 0.2) is 5.82 Å². The number of aryl methyl sites for hydroxylation is 2. The Morgan fingerprint density at radius 2 is 1.85 bits per heavy atom. The summed E-state index contributed by atoms with van der Waals surface area (Å²) < 4.78 is 4.14. The van der Waals surface area contributed by atoms with E-state index in [-0.39, 0.29) is 0 Å². The van der Waals surface area contributed by atoms with Crippen LogP contribution in [0.2, 0.25) is 5.02 Å². The number of halogens is 1. The Bertz CT molecular complexity index is 893. The minimum Gasteiger partial charge on any atom is -0.326 e. The number of hydrogen-bond donors (Lipinski definition) is 0. The van der Waals surface area contributed by atoms with E-state index in [1.54, 1.807) is 0 Å². The van der Waals surface area contributed by atoms with E-state index >= 15 is 0 Å². The minimum absolute atomic E-state index is 0.502. The average Bonchev–Trinajstić information content (AvgIpc) is 3.04. The van der Waals surface area contributed by atoms with Crippen molar-refractivity contribution in [2.24, 2.45) is 7.05 Å². The molecule has 0 fully saturated rings. The monoisotopic (exact) mass is 373 g/mol. The number of benzene rings is 1. The summed E-state index contributed by atoms with van der Waals surface area (Å²) in [6.07, 6.45) is 1.09. The molecule has 6 heteroatoms. The first-order valence-electron chi connectivity index (χ1n) is 9.47. The smallest absolute Gasteiger partial charge is 0.163 e. The molecule has 0 saturated carbocycles. The first kappa shape index (κ1) is 18.9. The molecule has 140 valence electrons. The Balaban J connectivity index is 0.000000948. The molecule has 0 spiro atoms. The van der Waals surface area contributed by atoms with Gasteiger partial charge < -0.3 is 4.57 Å². The van der Waals surface area contributed by atoms with Crippen molar-refractivity contribution < 1.29 is 0 Å². The van der Waals surface area contributed by atoms with E-state index < -0.39 is 0 Å². The van der Waals surface area contributed by atoms with E-state index in [0.717, 1.165) is 59.3 Å². The van der Waals surface area contributed by atoms with Gasteiger partial charge in [0, 0.05) is 32.7 Å². The third-order valence-electron chi connectivity index (χ3n) is 4.89. The lowest BCUT2D eigenvalue weighted by molar-refractivity contribution is 0.216.